The zero-order chi connectivity index (χ0) is 19.1. The lowest BCUT2D eigenvalue weighted by Gasteiger charge is -2.28. The van der Waals surface area contributed by atoms with Crippen molar-refractivity contribution in [3.63, 3.8) is 0 Å². The SMILES string of the molecule is CCCOC(C)(C(=O)Nc1ccc(OCCN2CCOCC2)cc1)C1CC1. The summed E-state index contributed by atoms with van der Waals surface area (Å²) in [5, 5.41) is 3.01. The van der Waals surface area contributed by atoms with Crippen LogP contribution >= 0.6 is 0 Å². The summed E-state index contributed by atoms with van der Waals surface area (Å²) in [5.41, 5.74) is 0.0380. The van der Waals surface area contributed by atoms with Gasteiger partial charge < -0.3 is 19.5 Å². The molecule has 6 nitrogen and oxygen atoms in total. The maximum Gasteiger partial charge on any atom is 0.256 e. The van der Waals surface area contributed by atoms with Crippen molar-refractivity contribution < 1.29 is 19.0 Å². The van der Waals surface area contributed by atoms with Gasteiger partial charge in [-0.25, -0.2) is 0 Å². The number of nitrogens with one attached hydrogen (secondary N) is 1. The Balaban J connectivity index is 1.47. The van der Waals surface area contributed by atoms with Gasteiger partial charge in [-0.2, -0.15) is 0 Å². The Kier molecular flexibility index (Phi) is 7.10. The topological polar surface area (TPSA) is 60.0 Å². The summed E-state index contributed by atoms with van der Waals surface area (Å²) in [4.78, 5) is 15.1. The van der Waals surface area contributed by atoms with Crippen LogP contribution in [0.2, 0.25) is 0 Å². The van der Waals surface area contributed by atoms with Gasteiger partial charge in [0.2, 0.25) is 0 Å². The Hall–Kier alpha value is -1.63. The zero-order valence-electron chi connectivity index (χ0n) is 16.5. The smallest absolute Gasteiger partial charge is 0.256 e. The summed E-state index contributed by atoms with van der Waals surface area (Å²) in [6.07, 6.45) is 3.03. The first-order chi connectivity index (χ1) is 13.1. The number of hydrogen-bond acceptors (Lipinski definition) is 5. The van der Waals surface area contributed by atoms with E-state index in [1.54, 1.807) is 0 Å². The van der Waals surface area contributed by atoms with Gasteiger partial charge in [0.15, 0.2) is 0 Å². The molecule has 1 aromatic rings. The van der Waals surface area contributed by atoms with Crippen molar-refractivity contribution in [3.05, 3.63) is 24.3 Å². The number of nitrogens with zero attached hydrogens (tertiary/aromatic N) is 1. The monoisotopic (exact) mass is 376 g/mol. The molecule has 1 aliphatic carbocycles. The van der Waals surface area contributed by atoms with Gasteiger partial charge >= 0.3 is 0 Å². The lowest BCUT2D eigenvalue weighted by Crippen LogP contribution is -2.45. The van der Waals surface area contributed by atoms with Gasteiger partial charge in [-0.05, 0) is 56.4 Å². The fourth-order valence-corrected chi connectivity index (χ4v) is 3.32. The largest absolute Gasteiger partial charge is 0.492 e. The van der Waals surface area contributed by atoms with E-state index < -0.39 is 5.60 Å². The molecule has 1 saturated carbocycles. The molecule has 0 bridgehead atoms. The summed E-state index contributed by atoms with van der Waals surface area (Å²) in [6, 6.07) is 7.57. The minimum absolute atomic E-state index is 0.0561. The molecule has 1 amide bonds. The molecule has 2 fully saturated rings. The number of ether oxygens (including phenoxy) is 3. The van der Waals surface area contributed by atoms with E-state index in [1.165, 1.54) is 0 Å². The average molecular weight is 376 g/mol. The Morgan fingerprint density at radius 1 is 1.22 bits per heavy atom. The average Bonchev–Trinajstić information content (AvgIpc) is 3.54. The van der Waals surface area contributed by atoms with E-state index in [0.29, 0.717) is 19.1 Å². The van der Waals surface area contributed by atoms with Crippen LogP contribution in [0.4, 0.5) is 5.69 Å². The molecule has 1 aliphatic heterocycles. The first kappa shape index (κ1) is 20.1. The quantitative estimate of drug-likeness (QED) is 0.680. The molecule has 0 aromatic heterocycles. The van der Waals surface area contributed by atoms with Crippen LogP contribution in [-0.2, 0) is 14.3 Å². The molecule has 1 atom stereocenters. The van der Waals surface area contributed by atoms with Crippen molar-refractivity contribution in [2.45, 2.75) is 38.7 Å². The van der Waals surface area contributed by atoms with Crippen LogP contribution in [0.3, 0.4) is 0 Å². The summed E-state index contributed by atoms with van der Waals surface area (Å²) in [5.74, 6) is 1.08. The van der Waals surface area contributed by atoms with Gasteiger partial charge in [0.25, 0.3) is 5.91 Å². The van der Waals surface area contributed by atoms with Crippen LogP contribution in [-0.4, -0.2) is 62.5 Å². The van der Waals surface area contributed by atoms with Crippen molar-refractivity contribution in [1.82, 2.24) is 4.90 Å². The van der Waals surface area contributed by atoms with Crippen molar-refractivity contribution in [3.8, 4) is 5.75 Å². The lowest BCUT2D eigenvalue weighted by molar-refractivity contribution is -0.142. The fraction of sp³-hybridized carbons (Fsp3) is 0.667. The lowest BCUT2D eigenvalue weighted by atomic mass is 9.98. The predicted octanol–water partition coefficient (Wildman–Crippen LogP) is 2.93. The van der Waals surface area contributed by atoms with Gasteiger partial charge in [-0.15, -0.1) is 0 Å². The Morgan fingerprint density at radius 2 is 1.93 bits per heavy atom. The molecular formula is C21H32N2O4. The molecular weight excluding hydrogens is 344 g/mol. The molecule has 6 heteroatoms. The van der Waals surface area contributed by atoms with E-state index in [2.05, 4.69) is 17.1 Å². The summed E-state index contributed by atoms with van der Waals surface area (Å²) < 4.78 is 17.1. The van der Waals surface area contributed by atoms with E-state index in [-0.39, 0.29) is 5.91 Å². The highest BCUT2D eigenvalue weighted by molar-refractivity contribution is 5.97. The highest BCUT2D eigenvalue weighted by Gasteiger charge is 2.48. The van der Waals surface area contributed by atoms with Crippen LogP contribution < -0.4 is 10.1 Å². The Labute approximate surface area is 162 Å². The van der Waals surface area contributed by atoms with Crippen LogP contribution in [0, 0.1) is 5.92 Å². The first-order valence-electron chi connectivity index (χ1n) is 10.1. The van der Waals surface area contributed by atoms with Crippen molar-refractivity contribution in [2.24, 2.45) is 5.92 Å². The number of hydrogen-bond donors (Lipinski definition) is 1. The molecule has 1 saturated heterocycles. The van der Waals surface area contributed by atoms with Gasteiger partial charge in [0.05, 0.1) is 13.2 Å². The number of anilines is 1. The third-order valence-corrected chi connectivity index (χ3v) is 5.31. The normalized spacial score (nSPS) is 20.1. The first-order valence-corrected chi connectivity index (χ1v) is 10.1. The summed E-state index contributed by atoms with van der Waals surface area (Å²) in [7, 11) is 0. The van der Waals surface area contributed by atoms with E-state index in [4.69, 9.17) is 14.2 Å². The molecule has 1 N–H and O–H groups in total. The fourth-order valence-electron chi connectivity index (χ4n) is 3.32. The van der Waals surface area contributed by atoms with Gasteiger partial charge in [0.1, 0.15) is 18.0 Å². The molecule has 27 heavy (non-hydrogen) atoms. The predicted molar refractivity (Wildman–Crippen MR) is 105 cm³/mol. The van der Waals surface area contributed by atoms with Crippen LogP contribution in [0.15, 0.2) is 24.3 Å². The summed E-state index contributed by atoms with van der Waals surface area (Å²) >= 11 is 0. The van der Waals surface area contributed by atoms with Crippen molar-refractivity contribution in [2.75, 3.05) is 51.4 Å². The molecule has 1 aromatic carbocycles. The van der Waals surface area contributed by atoms with Crippen molar-refractivity contribution in [1.29, 1.82) is 0 Å². The number of benzene rings is 1. The summed E-state index contributed by atoms with van der Waals surface area (Å²) in [6.45, 7) is 9.67. The highest BCUT2D eigenvalue weighted by Crippen LogP contribution is 2.42. The Bertz CT molecular complexity index is 597. The number of carbonyl (C=O) groups is 1. The molecule has 3 rings (SSSR count). The van der Waals surface area contributed by atoms with Crippen LogP contribution in [0.5, 0.6) is 5.75 Å². The maximum absolute atomic E-state index is 12.8. The second kappa shape index (κ2) is 9.53. The second-order valence-corrected chi connectivity index (χ2v) is 7.51. The van der Waals surface area contributed by atoms with E-state index in [1.807, 2.05) is 31.2 Å². The second-order valence-electron chi connectivity index (χ2n) is 7.51. The number of rotatable bonds is 10. The maximum atomic E-state index is 12.8. The molecule has 0 radical (unpaired) electrons. The number of morpholine rings is 1. The minimum Gasteiger partial charge on any atom is -0.492 e. The van der Waals surface area contributed by atoms with E-state index in [9.17, 15) is 4.79 Å². The van der Waals surface area contributed by atoms with E-state index in [0.717, 1.165) is 63.5 Å². The van der Waals surface area contributed by atoms with Gasteiger partial charge in [-0.3, -0.25) is 9.69 Å². The van der Waals surface area contributed by atoms with Gasteiger partial charge in [-0.1, -0.05) is 6.92 Å². The molecule has 0 spiro atoms. The molecule has 150 valence electrons. The third kappa shape index (κ3) is 5.67. The Morgan fingerprint density at radius 3 is 2.56 bits per heavy atom. The highest BCUT2D eigenvalue weighted by atomic mass is 16.5. The van der Waals surface area contributed by atoms with Crippen LogP contribution in [0.1, 0.15) is 33.1 Å². The van der Waals surface area contributed by atoms with E-state index >= 15 is 0 Å². The minimum atomic E-state index is -0.733. The molecule has 1 heterocycles. The molecule has 1 unspecified atom stereocenters. The zero-order valence-corrected chi connectivity index (χ0v) is 16.5. The van der Waals surface area contributed by atoms with Gasteiger partial charge in [0, 0.05) is 31.9 Å². The molecule has 2 aliphatic rings. The number of carbonyl (C=O) groups excluding carboxylic acids is 1. The van der Waals surface area contributed by atoms with Crippen molar-refractivity contribution >= 4 is 11.6 Å². The van der Waals surface area contributed by atoms with Crippen LogP contribution in [0.25, 0.3) is 0 Å². The standard InChI is InChI=1S/C21H32N2O4/c1-3-13-27-21(2,17-4-5-17)20(24)22-18-6-8-19(9-7-18)26-16-12-23-10-14-25-15-11-23/h6-9,17H,3-5,10-16H2,1-2H3,(H,22,24). The third-order valence-electron chi connectivity index (χ3n) is 5.31. The number of amides is 1.